The van der Waals surface area contributed by atoms with Crippen molar-refractivity contribution >= 4 is 29.2 Å². The Morgan fingerprint density at radius 1 is 1.40 bits per heavy atom. The van der Waals surface area contributed by atoms with Gasteiger partial charge in [0.15, 0.2) is 0 Å². The maximum absolute atomic E-state index is 12.3. The van der Waals surface area contributed by atoms with Crippen LogP contribution in [-0.4, -0.2) is 46.5 Å². The second kappa shape index (κ2) is 7.47. The molecule has 1 atom stereocenters. The number of nitrogens with two attached hydrogens (primary N) is 1. The average molecular weight is 349 g/mol. The number of rotatable bonds is 6. The topological polar surface area (TPSA) is 146 Å². The molecule has 2 heterocycles. The Labute approximate surface area is 145 Å². The first kappa shape index (κ1) is 18.7. The van der Waals surface area contributed by atoms with Crippen LogP contribution < -0.4 is 21.7 Å². The lowest BCUT2D eigenvalue weighted by Gasteiger charge is -2.27. The summed E-state index contributed by atoms with van der Waals surface area (Å²) >= 11 is 0. The first-order valence-corrected chi connectivity index (χ1v) is 7.99. The third-order valence-corrected chi connectivity index (χ3v) is 3.99. The molecule has 2 amide bonds. The van der Waals surface area contributed by atoms with Gasteiger partial charge < -0.3 is 26.8 Å². The van der Waals surface area contributed by atoms with Crippen LogP contribution in [0.4, 0.5) is 11.4 Å². The van der Waals surface area contributed by atoms with Crippen LogP contribution >= 0.6 is 0 Å². The molecule has 0 aliphatic carbocycles. The van der Waals surface area contributed by atoms with Crippen LogP contribution in [-0.2, 0) is 9.59 Å². The number of anilines is 2. The molecule has 1 aromatic rings. The molecule has 2 rings (SSSR count). The normalized spacial score (nSPS) is 17.1. The highest BCUT2D eigenvalue weighted by molar-refractivity contribution is 6.01. The molecule has 1 aromatic heterocycles. The van der Waals surface area contributed by atoms with Gasteiger partial charge in [-0.3, -0.25) is 14.6 Å². The number of aromatic carboxylic acids is 1. The minimum atomic E-state index is -1.22. The number of nitrogens with one attached hydrogen (secondary N) is 3. The maximum Gasteiger partial charge on any atom is 0.339 e. The minimum absolute atomic E-state index is 0.00955. The monoisotopic (exact) mass is 349 g/mol. The van der Waals surface area contributed by atoms with Gasteiger partial charge in [0.05, 0.1) is 23.5 Å². The van der Waals surface area contributed by atoms with Crippen molar-refractivity contribution in [3.05, 3.63) is 18.0 Å². The molecule has 0 saturated carbocycles. The zero-order valence-corrected chi connectivity index (χ0v) is 14.3. The fourth-order valence-corrected chi connectivity index (χ4v) is 2.69. The summed E-state index contributed by atoms with van der Waals surface area (Å²) in [5.74, 6) is -1.80. The van der Waals surface area contributed by atoms with Crippen molar-refractivity contribution in [3.8, 4) is 0 Å². The van der Waals surface area contributed by atoms with Gasteiger partial charge >= 0.3 is 5.97 Å². The summed E-state index contributed by atoms with van der Waals surface area (Å²) in [6.45, 7) is 4.95. The SMILES string of the molecule is CC(C)(CC(=O)Nc1cncc(C(=O)O)c1N)NC(=O)C1CCNC1. The fraction of sp³-hybridized carbons (Fsp3) is 0.500. The molecule has 1 aliphatic heterocycles. The zero-order valence-electron chi connectivity index (χ0n) is 14.3. The zero-order chi connectivity index (χ0) is 18.6. The number of hydrogen-bond donors (Lipinski definition) is 5. The van der Waals surface area contributed by atoms with Crippen molar-refractivity contribution in [2.75, 3.05) is 24.1 Å². The van der Waals surface area contributed by atoms with E-state index in [1.807, 2.05) is 0 Å². The Kier molecular flexibility index (Phi) is 5.58. The number of carbonyl (C=O) groups excluding carboxylic acids is 2. The van der Waals surface area contributed by atoms with Crippen LogP contribution in [0, 0.1) is 5.92 Å². The molecule has 9 heteroatoms. The first-order valence-electron chi connectivity index (χ1n) is 7.99. The van der Waals surface area contributed by atoms with Crippen molar-refractivity contribution < 1.29 is 19.5 Å². The molecule has 1 fully saturated rings. The number of aromatic nitrogens is 1. The van der Waals surface area contributed by atoms with Crippen molar-refractivity contribution in [1.82, 2.24) is 15.6 Å². The van der Waals surface area contributed by atoms with E-state index in [-0.39, 0.29) is 35.2 Å². The molecule has 1 aliphatic rings. The molecular formula is C16H23N5O4. The number of carboxylic acids is 1. The van der Waals surface area contributed by atoms with Gasteiger partial charge in [0, 0.05) is 24.7 Å². The van der Waals surface area contributed by atoms with E-state index in [0.29, 0.717) is 6.54 Å². The number of pyridine rings is 1. The highest BCUT2D eigenvalue weighted by atomic mass is 16.4. The number of nitrogens with zero attached hydrogens (tertiary/aromatic N) is 1. The molecule has 0 aromatic carbocycles. The summed E-state index contributed by atoms with van der Waals surface area (Å²) in [5.41, 5.74) is 4.88. The molecule has 0 bridgehead atoms. The predicted octanol–water partition coefficient (Wildman–Crippen LogP) is 0.195. The minimum Gasteiger partial charge on any atom is -0.478 e. The Bertz CT molecular complexity index is 683. The number of carbonyl (C=O) groups is 3. The highest BCUT2D eigenvalue weighted by Gasteiger charge is 2.29. The smallest absolute Gasteiger partial charge is 0.339 e. The van der Waals surface area contributed by atoms with Gasteiger partial charge in [0.2, 0.25) is 11.8 Å². The average Bonchev–Trinajstić information content (AvgIpc) is 3.02. The van der Waals surface area contributed by atoms with Crippen molar-refractivity contribution in [1.29, 1.82) is 0 Å². The van der Waals surface area contributed by atoms with E-state index in [4.69, 9.17) is 10.8 Å². The van der Waals surface area contributed by atoms with E-state index in [0.717, 1.165) is 19.2 Å². The third-order valence-electron chi connectivity index (χ3n) is 3.99. The summed E-state index contributed by atoms with van der Waals surface area (Å²) in [6.07, 6.45) is 3.19. The summed E-state index contributed by atoms with van der Waals surface area (Å²) in [5, 5.41) is 17.6. The van der Waals surface area contributed by atoms with E-state index in [1.54, 1.807) is 13.8 Å². The fourth-order valence-electron chi connectivity index (χ4n) is 2.69. The molecule has 9 nitrogen and oxygen atoms in total. The van der Waals surface area contributed by atoms with Crippen LogP contribution in [0.2, 0.25) is 0 Å². The summed E-state index contributed by atoms with van der Waals surface area (Å²) in [6, 6.07) is 0. The van der Waals surface area contributed by atoms with Gasteiger partial charge in [-0.1, -0.05) is 0 Å². The molecule has 1 saturated heterocycles. The molecule has 6 N–H and O–H groups in total. The number of nitrogen functional groups attached to an aromatic ring is 1. The number of amides is 2. The number of carboxylic acid groups (broad SMARTS) is 1. The van der Waals surface area contributed by atoms with Crippen molar-refractivity contribution in [2.24, 2.45) is 5.92 Å². The number of hydrogen-bond acceptors (Lipinski definition) is 6. The van der Waals surface area contributed by atoms with Gasteiger partial charge in [0.1, 0.15) is 5.56 Å². The van der Waals surface area contributed by atoms with Crippen LogP contribution in [0.15, 0.2) is 12.4 Å². The lowest BCUT2D eigenvalue weighted by atomic mass is 9.98. The van der Waals surface area contributed by atoms with Crippen molar-refractivity contribution in [2.45, 2.75) is 32.2 Å². The molecule has 136 valence electrons. The van der Waals surface area contributed by atoms with Gasteiger partial charge in [0.25, 0.3) is 0 Å². The second-order valence-corrected chi connectivity index (χ2v) is 6.74. The van der Waals surface area contributed by atoms with Gasteiger partial charge in [-0.15, -0.1) is 0 Å². The van der Waals surface area contributed by atoms with Crippen LogP contribution in [0.5, 0.6) is 0 Å². The lowest BCUT2D eigenvalue weighted by molar-refractivity contribution is -0.126. The van der Waals surface area contributed by atoms with Crippen LogP contribution in [0.1, 0.15) is 37.0 Å². The molecule has 0 radical (unpaired) electrons. The molecule has 1 unspecified atom stereocenters. The Morgan fingerprint density at radius 3 is 2.72 bits per heavy atom. The lowest BCUT2D eigenvalue weighted by Crippen LogP contribution is -2.48. The third kappa shape index (κ3) is 4.90. The Balaban J connectivity index is 1.98. The maximum atomic E-state index is 12.3. The Morgan fingerprint density at radius 2 is 2.12 bits per heavy atom. The summed E-state index contributed by atoms with van der Waals surface area (Å²) in [7, 11) is 0. The second-order valence-electron chi connectivity index (χ2n) is 6.74. The molecule has 25 heavy (non-hydrogen) atoms. The van der Waals surface area contributed by atoms with Crippen LogP contribution in [0.25, 0.3) is 0 Å². The quantitative estimate of drug-likeness (QED) is 0.493. The van der Waals surface area contributed by atoms with Crippen molar-refractivity contribution in [3.63, 3.8) is 0 Å². The van der Waals surface area contributed by atoms with E-state index in [2.05, 4.69) is 20.9 Å². The van der Waals surface area contributed by atoms with Gasteiger partial charge in [-0.05, 0) is 26.8 Å². The first-order chi connectivity index (χ1) is 11.7. The van der Waals surface area contributed by atoms with E-state index >= 15 is 0 Å². The van der Waals surface area contributed by atoms with Crippen LogP contribution in [0.3, 0.4) is 0 Å². The highest BCUT2D eigenvalue weighted by Crippen LogP contribution is 2.22. The molecular weight excluding hydrogens is 326 g/mol. The standard InChI is InChI=1S/C16H23N5O4/c1-16(2,21-14(23)9-3-4-18-6-9)5-12(22)20-11-8-19-7-10(13(11)17)15(24)25/h7-9,18H,3-6H2,1-2H3,(H2,17,19)(H,20,22)(H,21,23)(H,24,25). The summed E-state index contributed by atoms with van der Waals surface area (Å²) < 4.78 is 0. The predicted molar refractivity (Wildman–Crippen MR) is 92.1 cm³/mol. The molecule has 0 spiro atoms. The largest absolute Gasteiger partial charge is 0.478 e. The Hall–Kier alpha value is -2.68. The van der Waals surface area contributed by atoms with Gasteiger partial charge in [-0.2, -0.15) is 0 Å². The van der Waals surface area contributed by atoms with E-state index < -0.39 is 17.4 Å². The summed E-state index contributed by atoms with van der Waals surface area (Å²) in [4.78, 5) is 39.3. The van der Waals surface area contributed by atoms with E-state index in [1.165, 1.54) is 6.20 Å². The van der Waals surface area contributed by atoms with Gasteiger partial charge in [-0.25, -0.2) is 4.79 Å². The van der Waals surface area contributed by atoms with E-state index in [9.17, 15) is 14.4 Å².